The van der Waals surface area contributed by atoms with E-state index in [1.54, 1.807) is 19.0 Å². The summed E-state index contributed by atoms with van der Waals surface area (Å²) in [7, 11) is 3.50. The maximum atomic E-state index is 12.3. The van der Waals surface area contributed by atoms with Crippen LogP contribution >= 0.6 is 0 Å². The van der Waals surface area contributed by atoms with Crippen molar-refractivity contribution in [3.05, 3.63) is 89.6 Å². The van der Waals surface area contributed by atoms with Crippen LogP contribution in [0.4, 0.5) is 11.7 Å². The molecule has 0 unspecified atom stereocenters. The summed E-state index contributed by atoms with van der Waals surface area (Å²) in [6.45, 7) is 9.53. The minimum Gasteiger partial charge on any atom is -0.423 e. The van der Waals surface area contributed by atoms with Crippen molar-refractivity contribution in [2.24, 2.45) is 0 Å². The van der Waals surface area contributed by atoms with Crippen LogP contribution in [0.5, 0.6) is 0 Å². The molecule has 1 aromatic heterocycles. The zero-order valence-corrected chi connectivity index (χ0v) is 21.6. The van der Waals surface area contributed by atoms with Crippen LogP contribution in [0, 0.1) is 6.92 Å². The lowest BCUT2D eigenvalue weighted by Gasteiger charge is -2.30. The van der Waals surface area contributed by atoms with Crippen LogP contribution in [0.1, 0.15) is 21.5 Å². The Morgan fingerprint density at radius 2 is 1.84 bits per heavy atom. The van der Waals surface area contributed by atoms with Gasteiger partial charge in [-0.2, -0.15) is 4.98 Å². The van der Waals surface area contributed by atoms with Crippen molar-refractivity contribution in [3.63, 3.8) is 0 Å². The number of anilines is 2. The standard InChI is InChI=1S/C30H32N4O3/c1-20-18-24(12-13-25(20)29(35)33(3)4)31-30-32-27-7-5-6-26(28(27)37-30)23-10-8-22(9-11-23)19-21(2)34-14-16-36-17-15-34/h5-13,18H,2,14-17,19H2,1,3-4H3,(H,31,32). The SMILES string of the molecule is C=C(Cc1ccc(-c2cccc3nc(Nc4ccc(C(=O)N(C)C)c(C)c4)oc23)cc1)N1CCOCC1. The molecule has 3 aromatic carbocycles. The van der Waals surface area contributed by atoms with Gasteiger partial charge < -0.3 is 24.3 Å². The number of para-hydroxylation sites is 1. The average Bonchev–Trinajstić information content (AvgIpc) is 3.32. The van der Waals surface area contributed by atoms with Gasteiger partial charge in [0.2, 0.25) is 0 Å². The van der Waals surface area contributed by atoms with E-state index < -0.39 is 0 Å². The number of carbonyl (C=O) groups excluding carboxylic acids is 1. The molecule has 0 spiro atoms. The Kier molecular flexibility index (Phi) is 6.97. The maximum absolute atomic E-state index is 12.3. The molecule has 0 aliphatic carbocycles. The number of rotatable bonds is 7. The van der Waals surface area contributed by atoms with Crippen LogP contribution in [0.3, 0.4) is 0 Å². The second kappa shape index (κ2) is 10.5. The minimum atomic E-state index is -0.0213. The van der Waals surface area contributed by atoms with Crippen molar-refractivity contribution >= 4 is 28.7 Å². The fourth-order valence-electron chi connectivity index (χ4n) is 4.60. The highest BCUT2D eigenvalue weighted by Crippen LogP contribution is 2.32. The number of oxazole rings is 1. The van der Waals surface area contributed by atoms with Gasteiger partial charge in [-0.25, -0.2) is 0 Å². The number of hydrogen-bond acceptors (Lipinski definition) is 6. The summed E-state index contributed by atoms with van der Waals surface area (Å²) in [4.78, 5) is 20.8. The number of carbonyl (C=O) groups is 1. The summed E-state index contributed by atoms with van der Waals surface area (Å²) < 4.78 is 11.6. The number of fused-ring (bicyclic) bond motifs is 1. The predicted molar refractivity (Wildman–Crippen MR) is 147 cm³/mol. The first-order valence-corrected chi connectivity index (χ1v) is 12.5. The molecule has 1 aliphatic heterocycles. The number of benzene rings is 3. The van der Waals surface area contributed by atoms with Crippen LogP contribution in [0.25, 0.3) is 22.2 Å². The van der Waals surface area contributed by atoms with E-state index in [1.165, 1.54) is 5.56 Å². The molecule has 4 aromatic rings. The van der Waals surface area contributed by atoms with Gasteiger partial charge in [0, 0.05) is 56.1 Å². The highest BCUT2D eigenvalue weighted by atomic mass is 16.5. The first kappa shape index (κ1) is 24.6. The fraction of sp³-hybridized carbons (Fsp3) is 0.267. The minimum absolute atomic E-state index is 0.0213. The highest BCUT2D eigenvalue weighted by Gasteiger charge is 2.15. The van der Waals surface area contributed by atoms with Crippen molar-refractivity contribution in [1.82, 2.24) is 14.8 Å². The first-order chi connectivity index (χ1) is 17.9. The number of nitrogens with one attached hydrogen (secondary N) is 1. The van der Waals surface area contributed by atoms with Crippen LogP contribution in [-0.4, -0.2) is 61.1 Å². The van der Waals surface area contributed by atoms with Crippen LogP contribution < -0.4 is 5.32 Å². The van der Waals surface area contributed by atoms with Crippen molar-refractivity contribution in [3.8, 4) is 11.1 Å². The van der Waals surface area contributed by atoms with Gasteiger partial charge in [0.25, 0.3) is 11.9 Å². The first-order valence-electron chi connectivity index (χ1n) is 12.5. The zero-order valence-electron chi connectivity index (χ0n) is 21.6. The Bertz CT molecular complexity index is 1430. The molecule has 37 heavy (non-hydrogen) atoms. The average molecular weight is 497 g/mol. The molecular formula is C30H32N4O3. The second-order valence-electron chi connectivity index (χ2n) is 9.57. The number of ether oxygens (including phenoxy) is 1. The third-order valence-corrected chi connectivity index (χ3v) is 6.66. The second-order valence-corrected chi connectivity index (χ2v) is 9.57. The molecule has 0 saturated carbocycles. The van der Waals surface area contributed by atoms with Gasteiger partial charge in [-0.15, -0.1) is 0 Å². The topological polar surface area (TPSA) is 70.8 Å². The Morgan fingerprint density at radius 1 is 1.08 bits per heavy atom. The molecule has 5 rings (SSSR count). The molecule has 1 N–H and O–H groups in total. The van der Waals surface area contributed by atoms with Crippen LogP contribution in [-0.2, 0) is 11.2 Å². The number of nitrogens with zero attached hydrogens (tertiary/aromatic N) is 3. The van der Waals surface area contributed by atoms with Crippen molar-refractivity contribution < 1.29 is 13.9 Å². The summed E-state index contributed by atoms with van der Waals surface area (Å²) in [5.41, 5.74) is 8.27. The third-order valence-electron chi connectivity index (χ3n) is 6.66. The van der Waals surface area contributed by atoms with E-state index in [1.807, 2.05) is 43.3 Å². The van der Waals surface area contributed by atoms with Crippen molar-refractivity contribution in [1.29, 1.82) is 0 Å². The molecule has 0 radical (unpaired) electrons. The lowest BCUT2D eigenvalue weighted by Crippen LogP contribution is -2.35. The Hall–Kier alpha value is -4.10. The number of hydrogen-bond donors (Lipinski definition) is 1. The van der Waals surface area contributed by atoms with E-state index in [0.29, 0.717) is 11.6 Å². The van der Waals surface area contributed by atoms with Gasteiger partial charge in [0.15, 0.2) is 5.58 Å². The van der Waals surface area contributed by atoms with Crippen LogP contribution in [0.15, 0.2) is 77.4 Å². The molecule has 0 bridgehead atoms. The van der Waals surface area contributed by atoms with Crippen molar-refractivity contribution in [2.45, 2.75) is 13.3 Å². The van der Waals surface area contributed by atoms with E-state index in [2.05, 4.69) is 46.0 Å². The monoisotopic (exact) mass is 496 g/mol. The molecule has 7 nitrogen and oxygen atoms in total. The van der Waals surface area contributed by atoms with Crippen LogP contribution in [0.2, 0.25) is 0 Å². The van der Waals surface area contributed by atoms with Gasteiger partial charge >= 0.3 is 0 Å². The number of aromatic nitrogens is 1. The molecule has 2 heterocycles. The summed E-state index contributed by atoms with van der Waals surface area (Å²) in [5, 5.41) is 3.24. The Morgan fingerprint density at radius 3 is 2.54 bits per heavy atom. The lowest BCUT2D eigenvalue weighted by molar-refractivity contribution is 0.0529. The summed E-state index contributed by atoms with van der Waals surface area (Å²) in [6.07, 6.45) is 0.819. The molecule has 1 amide bonds. The summed E-state index contributed by atoms with van der Waals surface area (Å²) >= 11 is 0. The van der Waals surface area contributed by atoms with E-state index in [4.69, 9.17) is 9.15 Å². The molecule has 1 aliphatic rings. The molecule has 190 valence electrons. The van der Waals surface area contributed by atoms with Gasteiger partial charge in [0.05, 0.1) is 13.2 Å². The number of morpholine rings is 1. The fourth-order valence-corrected chi connectivity index (χ4v) is 4.60. The van der Waals surface area contributed by atoms with Gasteiger partial charge in [-0.05, 0) is 47.9 Å². The summed E-state index contributed by atoms with van der Waals surface area (Å²) in [6, 6.07) is 20.5. The molecule has 1 saturated heterocycles. The lowest BCUT2D eigenvalue weighted by atomic mass is 10.0. The molecular weight excluding hydrogens is 464 g/mol. The van der Waals surface area contributed by atoms with Crippen molar-refractivity contribution in [2.75, 3.05) is 45.7 Å². The number of aryl methyl sites for hydroxylation is 1. The van der Waals surface area contributed by atoms with E-state index >= 15 is 0 Å². The van der Waals surface area contributed by atoms with E-state index in [0.717, 1.165) is 71.9 Å². The molecule has 7 heteroatoms. The number of amides is 1. The highest BCUT2D eigenvalue weighted by molar-refractivity contribution is 5.96. The van der Waals surface area contributed by atoms with Gasteiger partial charge in [-0.3, -0.25) is 4.79 Å². The van der Waals surface area contributed by atoms with Gasteiger partial charge in [0.1, 0.15) is 5.52 Å². The summed E-state index contributed by atoms with van der Waals surface area (Å²) in [5.74, 6) is -0.0213. The normalized spacial score (nSPS) is 13.5. The zero-order chi connectivity index (χ0) is 25.9. The third kappa shape index (κ3) is 5.37. The Labute approximate surface area is 217 Å². The molecule has 1 fully saturated rings. The van der Waals surface area contributed by atoms with E-state index in [-0.39, 0.29) is 5.91 Å². The molecule has 0 atom stereocenters. The number of allylic oxidation sites excluding steroid dienone is 1. The maximum Gasteiger partial charge on any atom is 0.300 e. The quantitative estimate of drug-likeness (QED) is 0.357. The largest absolute Gasteiger partial charge is 0.423 e. The van der Waals surface area contributed by atoms with E-state index in [9.17, 15) is 4.79 Å². The smallest absolute Gasteiger partial charge is 0.300 e. The predicted octanol–water partition coefficient (Wildman–Crippen LogP) is 5.64. The van der Waals surface area contributed by atoms with Gasteiger partial charge in [-0.1, -0.05) is 43.0 Å². The Balaban J connectivity index is 1.33.